The van der Waals surface area contributed by atoms with E-state index >= 15 is 0 Å². The van der Waals surface area contributed by atoms with Crippen LogP contribution in [0.15, 0.2) is 12.2 Å². The number of hydrogen-bond acceptors (Lipinski definition) is 2. The van der Waals surface area contributed by atoms with Gasteiger partial charge in [-0.25, -0.2) is 0 Å². The quantitative estimate of drug-likeness (QED) is 0.669. The molecule has 1 aliphatic carbocycles. The summed E-state index contributed by atoms with van der Waals surface area (Å²) in [5.41, 5.74) is 0. The van der Waals surface area contributed by atoms with Crippen LogP contribution in [0.3, 0.4) is 0 Å². The van der Waals surface area contributed by atoms with E-state index in [0.717, 1.165) is 25.9 Å². The van der Waals surface area contributed by atoms with Gasteiger partial charge in [-0.1, -0.05) is 12.2 Å². The molecule has 3 heteroatoms. The highest BCUT2D eigenvalue weighted by Crippen LogP contribution is 2.08. The number of hydrogen-bond donors (Lipinski definition) is 1. The molecule has 0 aromatic carbocycles. The standard InChI is InChI=1S/C11H20N2O/c1-3-13(4-2)11(14)9-12-10-7-5-6-8-10/h5-6,10,12H,3-4,7-9H2,1-2H3. The highest BCUT2D eigenvalue weighted by atomic mass is 16.2. The smallest absolute Gasteiger partial charge is 0.236 e. The van der Waals surface area contributed by atoms with Crippen molar-refractivity contribution >= 4 is 5.91 Å². The molecule has 0 fully saturated rings. The highest BCUT2D eigenvalue weighted by Gasteiger charge is 2.13. The lowest BCUT2D eigenvalue weighted by Gasteiger charge is -2.20. The van der Waals surface area contributed by atoms with E-state index in [-0.39, 0.29) is 5.91 Å². The summed E-state index contributed by atoms with van der Waals surface area (Å²) in [6.45, 7) is 6.12. The van der Waals surface area contributed by atoms with Crippen LogP contribution in [0.5, 0.6) is 0 Å². The van der Waals surface area contributed by atoms with Gasteiger partial charge in [-0.2, -0.15) is 0 Å². The molecule has 0 saturated carbocycles. The Kier molecular flexibility index (Phi) is 4.66. The molecule has 3 nitrogen and oxygen atoms in total. The summed E-state index contributed by atoms with van der Waals surface area (Å²) in [7, 11) is 0. The number of likely N-dealkylation sites (N-methyl/N-ethyl adjacent to an activating group) is 1. The van der Waals surface area contributed by atoms with Gasteiger partial charge in [-0.05, 0) is 26.7 Å². The van der Waals surface area contributed by atoms with Crippen LogP contribution in [0.25, 0.3) is 0 Å². The molecule has 80 valence electrons. The Morgan fingerprint density at radius 2 is 1.93 bits per heavy atom. The van der Waals surface area contributed by atoms with Crippen LogP contribution >= 0.6 is 0 Å². The van der Waals surface area contributed by atoms with Gasteiger partial charge in [0.25, 0.3) is 0 Å². The molecule has 0 spiro atoms. The van der Waals surface area contributed by atoms with E-state index < -0.39 is 0 Å². The molecular weight excluding hydrogens is 176 g/mol. The number of carbonyl (C=O) groups excluding carboxylic acids is 1. The van der Waals surface area contributed by atoms with Crippen LogP contribution in [0.2, 0.25) is 0 Å². The van der Waals surface area contributed by atoms with Gasteiger partial charge >= 0.3 is 0 Å². The fourth-order valence-corrected chi connectivity index (χ4v) is 1.70. The Morgan fingerprint density at radius 3 is 2.43 bits per heavy atom. The van der Waals surface area contributed by atoms with Gasteiger partial charge in [-0.3, -0.25) is 4.79 Å². The minimum absolute atomic E-state index is 0.210. The average Bonchev–Trinajstić information content (AvgIpc) is 2.69. The summed E-state index contributed by atoms with van der Waals surface area (Å²) in [5.74, 6) is 0.210. The largest absolute Gasteiger partial charge is 0.342 e. The summed E-state index contributed by atoms with van der Waals surface area (Å²) in [4.78, 5) is 13.5. The van der Waals surface area contributed by atoms with Crippen molar-refractivity contribution in [3.8, 4) is 0 Å². The molecule has 14 heavy (non-hydrogen) atoms. The Morgan fingerprint density at radius 1 is 1.36 bits per heavy atom. The molecule has 0 saturated heterocycles. The maximum atomic E-state index is 11.6. The molecule has 1 amide bonds. The molecule has 0 atom stereocenters. The second kappa shape index (κ2) is 5.81. The number of amides is 1. The lowest BCUT2D eigenvalue weighted by atomic mass is 10.2. The summed E-state index contributed by atoms with van der Waals surface area (Å²) >= 11 is 0. The zero-order valence-corrected chi connectivity index (χ0v) is 9.12. The first-order valence-electron chi connectivity index (χ1n) is 5.44. The molecule has 0 aromatic rings. The van der Waals surface area contributed by atoms with Crippen molar-refractivity contribution in [3.05, 3.63) is 12.2 Å². The van der Waals surface area contributed by atoms with Crippen molar-refractivity contribution in [3.63, 3.8) is 0 Å². The first-order valence-corrected chi connectivity index (χ1v) is 5.44. The second-order valence-electron chi connectivity index (χ2n) is 3.59. The van der Waals surface area contributed by atoms with Gasteiger partial charge in [-0.15, -0.1) is 0 Å². The van der Waals surface area contributed by atoms with Crippen molar-refractivity contribution in [2.45, 2.75) is 32.7 Å². The Balaban J connectivity index is 2.19. The minimum Gasteiger partial charge on any atom is -0.342 e. The van der Waals surface area contributed by atoms with Crippen molar-refractivity contribution in [2.24, 2.45) is 0 Å². The summed E-state index contributed by atoms with van der Waals surface area (Å²) < 4.78 is 0. The topological polar surface area (TPSA) is 32.3 Å². The van der Waals surface area contributed by atoms with Gasteiger partial charge in [0.15, 0.2) is 0 Å². The third-order valence-corrected chi connectivity index (χ3v) is 2.67. The second-order valence-corrected chi connectivity index (χ2v) is 3.59. The van der Waals surface area contributed by atoms with Crippen LogP contribution < -0.4 is 5.32 Å². The SMILES string of the molecule is CCN(CC)C(=O)CNC1CC=CC1. The summed E-state index contributed by atoms with van der Waals surface area (Å²) in [5, 5.41) is 3.28. The van der Waals surface area contributed by atoms with E-state index in [0.29, 0.717) is 12.6 Å². The monoisotopic (exact) mass is 196 g/mol. The molecule has 1 N–H and O–H groups in total. The van der Waals surface area contributed by atoms with E-state index in [1.54, 1.807) is 0 Å². The van der Waals surface area contributed by atoms with Crippen molar-refractivity contribution < 1.29 is 4.79 Å². The molecule has 1 rings (SSSR count). The Labute approximate surface area is 86.2 Å². The molecule has 0 aliphatic heterocycles. The van der Waals surface area contributed by atoms with Crippen LogP contribution in [-0.4, -0.2) is 36.5 Å². The number of nitrogens with one attached hydrogen (secondary N) is 1. The molecule has 0 radical (unpaired) electrons. The Hall–Kier alpha value is -0.830. The van der Waals surface area contributed by atoms with Crippen molar-refractivity contribution in [1.82, 2.24) is 10.2 Å². The maximum absolute atomic E-state index is 11.6. The molecule has 1 aliphatic rings. The van der Waals surface area contributed by atoms with Gasteiger partial charge in [0.05, 0.1) is 6.54 Å². The lowest BCUT2D eigenvalue weighted by Crippen LogP contribution is -2.40. The van der Waals surface area contributed by atoms with Crippen LogP contribution in [0.4, 0.5) is 0 Å². The zero-order valence-electron chi connectivity index (χ0n) is 9.12. The first kappa shape index (κ1) is 11.2. The third-order valence-electron chi connectivity index (χ3n) is 2.67. The fourth-order valence-electron chi connectivity index (χ4n) is 1.70. The zero-order chi connectivity index (χ0) is 10.4. The van der Waals surface area contributed by atoms with Crippen LogP contribution in [-0.2, 0) is 4.79 Å². The van der Waals surface area contributed by atoms with Gasteiger partial charge in [0.2, 0.25) is 5.91 Å². The van der Waals surface area contributed by atoms with Gasteiger partial charge in [0, 0.05) is 19.1 Å². The van der Waals surface area contributed by atoms with Gasteiger partial charge < -0.3 is 10.2 Å². The minimum atomic E-state index is 0.210. The highest BCUT2D eigenvalue weighted by molar-refractivity contribution is 5.78. The van der Waals surface area contributed by atoms with E-state index in [9.17, 15) is 4.79 Å². The van der Waals surface area contributed by atoms with E-state index in [2.05, 4.69) is 17.5 Å². The normalized spacial score (nSPS) is 16.1. The number of nitrogens with zero attached hydrogens (tertiary/aromatic N) is 1. The predicted octanol–water partition coefficient (Wildman–Crippen LogP) is 1.16. The summed E-state index contributed by atoms with van der Waals surface area (Å²) in [6, 6.07) is 0.481. The number of carbonyl (C=O) groups is 1. The molecular formula is C11H20N2O. The third kappa shape index (κ3) is 3.14. The van der Waals surface area contributed by atoms with Crippen molar-refractivity contribution in [2.75, 3.05) is 19.6 Å². The molecule has 0 bridgehead atoms. The van der Waals surface area contributed by atoms with Gasteiger partial charge in [0.1, 0.15) is 0 Å². The summed E-state index contributed by atoms with van der Waals surface area (Å²) in [6.07, 6.45) is 6.45. The molecule has 0 aromatic heterocycles. The van der Waals surface area contributed by atoms with Crippen molar-refractivity contribution in [1.29, 1.82) is 0 Å². The first-order chi connectivity index (χ1) is 6.77. The maximum Gasteiger partial charge on any atom is 0.236 e. The lowest BCUT2D eigenvalue weighted by molar-refractivity contribution is -0.129. The molecule has 0 unspecified atom stereocenters. The van der Waals surface area contributed by atoms with E-state index in [1.807, 2.05) is 18.7 Å². The number of rotatable bonds is 5. The van der Waals surface area contributed by atoms with E-state index in [1.165, 1.54) is 0 Å². The van der Waals surface area contributed by atoms with Crippen LogP contribution in [0, 0.1) is 0 Å². The average molecular weight is 196 g/mol. The Bertz CT molecular complexity index is 201. The predicted molar refractivity (Wildman–Crippen MR) is 58.1 cm³/mol. The van der Waals surface area contributed by atoms with E-state index in [4.69, 9.17) is 0 Å². The van der Waals surface area contributed by atoms with Crippen LogP contribution in [0.1, 0.15) is 26.7 Å². The molecule has 0 heterocycles. The fraction of sp³-hybridized carbons (Fsp3) is 0.727.